The zero-order valence-electron chi connectivity index (χ0n) is 10.3. The summed E-state index contributed by atoms with van der Waals surface area (Å²) in [5.41, 5.74) is 1.75. The number of urea groups is 1. The molecule has 0 saturated carbocycles. The van der Waals surface area contributed by atoms with E-state index in [9.17, 15) is 9.59 Å². The number of hydrogen-bond donors (Lipinski definition) is 3. The Bertz CT molecular complexity index is 452. The molecule has 0 aliphatic carbocycles. The van der Waals surface area contributed by atoms with Crippen LogP contribution in [-0.4, -0.2) is 24.2 Å². The van der Waals surface area contributed by atoms with Crippen molar-refractivity contribution in [3.63, 3.8) is 0 Å². The van der Waals surface area contributed by atoms with E-state index in [-0.39, 0.29) is 12.1 Å². The van der Waals surface area contributed by atoms with Crippen LogP contribution in [0.2, 0.25) is 0 Å². The highest BCUT2D eigenvalue weighted by Crippen LogP contribution is 2.14. The second kappa shape index (κ2) is 6.44. The monoisotopic (exact) mass is 248 g/mol. The van der Waals surface area contributed by atoms with E-state index >= 15 is 0 Å². The topological polar surface area (TPSA) is 78.4 Å². The van der Waals surface area contributed by atoms with Crippen molar-refractivity contribution in [3.8, 4) is 0 Å². The predicted molar refractivity (Wildman–Crippen MR) is 69.1 cm³/mol. The summed E-state index contributed by atoms with van der Waals surface area (Å²) < 4.78 is 0. The minimum atomic E-state index is -0.978. The van der Waals surface area contributed by atoms with E-state index in [1.54, 1.807) is 19.2 Å². The zero-order valence-corrected chi connectivity index (χ0v) is 10.3. The van der Waals surface area contributed by atoms with Crippen molar-refractivity contribution in [2.75, 3.05) is 7.05 Å². The molecule has 0 fully saturated rings. The van der Waals surface area contributed by atoms with E-state index in [2.05, 4.69) is 10.6 Å². The van der Waals surface area contributed by atoms with Crippen LogP contribution in [0.1, 0.15) is 24.1 Å². The molecule has 1 aromatic carbocycles. The Kier molecular flexibility index (Phi) is 4.92. The lowest BCUT2D eigenvalue weighted by molar-refractivity contribution is -0.131. The lowest BCUT2D eigenvalue weighted by Crippen LogP contribution is -2.34. The van der Waals surface area contributed by atoms with Crippen LogP contribution in [0.25, 0.3) is 6.08 Å². The lowest BCUT2D eigenvalue weighted by Gasteiger charge is -2.13. The van der Waals surface area contributed by atoms with Gasteiger partial charge in [-0.25, -0.2) is 9.59 Å². The Labute approximate surface area is 106 Å². The van der Waals surface area contributed by atoms with Crippen LogP contribution in [-0.2, 0) is 4.79 Å². The molecular weight excluding hydrogens is 232 g/mol. The first-order valence-corrected chi connectivity index (χ1v) is 5.52. The maximum absolute atomic E-state index is 11.1. The molecule has 2 amide bonds. The molecule has 3 N–H and O–H groups in total. The Morgan fingerprint density at radius 3 is 2.39 bits per heavy atom. The van der Waals surface area contributed by atoms with Gasteiger partial charge in [0.2, 0.25) is 0 Å². The number of carbonyl (C=O) groups is 2. The highest BCUT2D eigenvalue weighted by Gasteiger charge is 2.07. The lowest BCUT2D eigenvalue weighted by atomic mass is 10.1. The largest absolute Gasteiger partial charge is 0.478 e. The van der Waals surface area contributed by atoms with Gasteiger partial charge in [-0.2, -0.15) is 0 Å². The predicted octanol–water partition coefficient (Wildman–Crippen LogP) is 1.77. The molecule has 1 aromatic rings. The molecule has 1 rings (SSSR count). The summed E-state index contributed by atoms with van der Waals surface area (Å²) in [7, 11) is 1.56. The van der Waals surface area contributed by atoms with Gasteiger partial charge in [-0.1, -0.05) is 24.3 Å². The third kappa shape index (κ3) is 4.29. The maximum atomic E-state index is 11.1. The van der Waals surface area contributed by atoms with Crippen LogP contribution >= 0.6 is 0 Å². The molecule has 0 radical (unpaired) electrons. The van der Waals surface area contributed by atoms with Crippen LogP contribution in [0.5, 0.6) is 0 Å². The molecule has 0 aromatic heterocycles. The average Bonchev–Trinajstić information content (AvgIpc) is 2.36. The van der Waals surface area contributed by atoms with Gasteiger partial charge in [0.15, 0.2) is 0 Å². The molecule has 0 aliphatic rings. The zero-order chi connectivity index (χ0) is 13.5. The number of carbonyl (C=O) groups excluding carboxylic acids is 1. The number of carboxylic acids is 1. The molecule has 0 heterocycles. The highest BCUT2D eigenvalue weighted by molar-refractivity contribution is 5.85. The second-order valence-corrected chi connectivity index (χ2v) is 3.78. The minimum absolute atomic E-state index is 0.109. The van der Waals surface area contributed by atoms with Crippen molar-refractivity contribution in [2.24, 2.45) is 0 Å². The van der Waals surface area contributed by atoms with Gasteiger partial charge in [0.05, 0.1) is 6.04 Å². The molecule has 1 unspecified atom stereocenters. The van der Waals surface area contributed by atoms with Crippen LogP contribution in [0.3, 0.4) is 0 Å². The Hall–Kier alpha value is -2.30. The third-order valence-electron chi connectivity index (χ3n) is 2.43. The van der Waals surface area contributed by atoms with Crippen LogP contribution in [0.4, 0.5) is 4.79 Å². The summed E-state index contributed by atoms with van der Waals surface area (Å²) in [5.74, 6) is -0.978. The van der Waals surface area contributed by atoms with Gasteiger partial charge >= 0.3 is 12.0 Å². The number of carboxylic acid groups (broad SMARTS) is 1. The quantitative estimate of drug-likeness (QED) is 0.710. The SMILES string of the molecule is CNC(=O)NC(C)c1ccc(/C=C/C(=O)O)cc1. The first kappa shape index (κ1) is 13.8. The number of rotatable bonds is 4. The van der Waals surface area contributed by atoms with Crippen molar-refractivity contribution in [3.05, 3.63) is 41.5 Å². The molecule has 18 heavy (non-hydrogen) atoms. The molecule has 0 spiro atoms. The van der Waals surface area contributed by atoms with Gasteiger partial charge in [0.25, 0.3) is 0 Å². The van der Waals surface area contributed by atoms with Crippen molar-refractivity contribution in [2.45, 2.75) is 13.0 Å². The van der Waals surface area contributed by atoms with Gasteiger partial charge in [0, 0.05) is 13.1 Å². The summed E-state index contributed by atoms with van der Waals surface area (Å²) in [6.45, 7) is 1.87. The van der Waals surface area contributed by atoms with Crippen molar-refractivity contribution in [1.29, 1.82) is 0 Å². The standard InChI is InChI=1S/C13H16N2O3/c1-9(15-13(18)14-2)11-6-3-10(4-7-11)5-8-12(16)17/h3-9H,1-2H3,(H,16,17)(H2,14,15,18)/b8-5+. The molecular formula is C13H16N2O3. The first-order valence-electron chi connectivity index (χ1n) is 5.52. The fraction of sp³-hybridized carbons (Fsp3) is 0.231. The first-order chi connectivity index (χ1) is 8.52. The fourth-order valence-corrected chi connectivity index (χ4v) is 1.42. The number of amides is 2. The number of nitrogens with one attached hydrogen (secondary N) is 2. The Morgan fingerprint density at radius 2 is 1.89 bits per heavy atom. The fourth-order valence-electron chi connectivity index (χ4n) is 1.42. The summed E-state index contributed by atoms with van der Waals surface area (Å²) in [5, 5.41) is 13.7. The molecule has 1 atom stereocenters. The van der Waals surface area contributed by atoms with E-state index in [0.717, 1.165) is 17.2 Å². The van der Waals surface area contributed by atoms with Crippen molar-refractivity contribution in [1.82, 2.24) is 10.6 Å². The van der Waals surface area contributed by atoms with E-state index in [0.29, 0.717) is 0 Å². The summed E-state index contributed by atoms with van der Waals surface area (Å²) in [6.07, 6.45) is 2.60. The maximum Gasteiger partial charge on any atom is 0.328 e. The van der Waals surface area contributed by atoms with Gasteiger partial charge < -0.3 is 15.7 Å². The average molecular weight is 248 g/mol. The van der Waals surface area contributed by atoms with Crippen LogP contribution in [0, 0.1) is 0 Å². The summed E-state index contributed by atoms with van der Waals surface area (Å²) >= 11 is 0. The summed E-state index contributed by atoms with van der Waals surface area (Å²) in [6, 6.07) is 6.96. The molecule has 0 saturated heterocycles. The summed E-state index contributed by atoms with van der Waals surface area (Å²) in [4.78, 5) is 21.5. The van der Waals surface area contributed by atoms with Gasteiger partial charge in [-0.15, -0.1) is 0 Å². The molecule has 0 aliphatic heterocycles. The van der Waals surface area contributed by atoms with Crippen molar-refractivity contribution >= 4 is 18.1 Å². The number of aliphatic carboxylic acids is 1. The van der Waals surface area contributed by atoms with Gasteiger partial charge in [-0.3, -0.25) is 0 Å². The van der Waals surface area contributed by atoms with Gasteiger partial charge in [-0.05, 0) is 24.1 Å². The third-order valence-corrected chi connectivity index (χ3v) is 2.43. The van der Waals surface area contributed by atoms with E-state index < -0.39 is 5.97 Å². The van der Waals surface area contributed by atoms with Gasteiger partial charge in [0.1, 0.15) is 0 Å². The van der Waals surface area contributed by atoms with Crippen molar-refractivity contribution < 1.29 is 14.7 Å². The smallest absolute Gasteiger partial charge is 0.328 e. The Morgan fingerprint density at radius 1 is 1.28 bits per heavy atom. The number of hydrogen-bond acceptors (Lipinski definition) is 2. The Balaban J connectivity index is 2.70. The normalized spacial score (nSPS) is 12.1. The minimum Gasteiger partial charge on any atom is -0.478 e. The van der Waals surface area contributed by atoms with E-state index in [1.165, 1.54) is 6.08 Å². The molecule has 5 heteroatoms. The molecule has 96 valence electrons. The highest BCUT2D eigenvalue weighted by atomic mass is 16.4. The van der Waals surface area contributed by atoms with E-state index in [1.807, 2.05) is 19.1 Å². The molecule has 0 bridgehead atoms. The van der Waals surface area contributed by atoms with Crippen LogP contribution < -0.4 is 10.6 Å². The number of benzene rings is 1. The molecule has 5 nitrogen and oxygen atoms in total. The second-order valence-electron chi connectivity index (χ2n) is 3.78. The van der Waals surface area contributed by atoms with E-state index in [4.69, 9.17) is 5.11 Å². The van der Waals surface area contributed by atoms with Crippen LogP contribution in [0.15, 0.2) is 30.3 Å².